The van der Waals surface area contributed by atoms with Gasteiger partial charge >= 0.3 is 17.9 Å². The lowest BCUT2D eigenvalue weighted by molar-refractivity contribution is -0.215. The van der Waals surface area contributed by atoms with E-state index in [1.54, 1.807) is 0 Å². The first-order valence-corrected chi connectivity index (χ1v) is 12.3. The number of esters is 3. The summed E-state index contributed by atoms with van der Waals surface area (Å²) in [5.41, 5.74) is -1.53. The molecule has 34 heavy (non-hydrogen) atoms. The Labute approximate surface area is 202 Å². The summed E-state index contributed by atoms with van der Waals surface area (Å²) in [6.07, 6.45) is -0.720. The predicted molar refractivity (Wildman–Crippen MR) is 123 cm³/mol. The molecule has 1 aliphatic carbocycles. The van der Waals surface area contributed by atoms with Crippen LogP contribution in [-0.4, -0.2) is 58.6 Å². The number of ether oxygens (including phenoxy) is 4. The number of aliphatic hydroxyl groups excluding tert-OH is 1. The summed E-state index contributed by atoms with van der Waals surface area (Å²) in [5, 5.41) is 10.7. The van der Waals surface area contributed by atoms with E-state index >= 15 is 0 Å². The maximum absolute atomic E-state index is 12.3. The van der Waals surface area contributed by atoms with Gasteiger partial charge in [-0.1, -0.05) is 20.4 Å². The van der Waals surface area contributed by atoms with Crippen molar-refractivity contribution in [2.45, 2.75) is 110 Å². The zero-order valence-corrected chi connectivity index (χ0v) is 21.5. The van der Waals surface area contributed by atoms with Crippen molar-refractivity contribution in [1.82, 2.24) is 0 Å². The molecule has 0 aromatic rings. The van der Waals surface area contributed by atoms with Crippen LogP contribution in [0.25, 0.3) is 0 Å². The standard InChI is InChI=1S/C26H40O8/c1-13(2)18-12-21(31-15(4)27)26(8,34-17(6)29)23-20-11-14(3)19(30)9-10-25(7,33-16(5)28)24(32-20)22(18)23/h13,18-24,30H,3,9-12H2,1-2,4-8H3/t18?,19?,20-,21+,22?,23?,24-,25-,26-/m0/s1. The van der Waals surface area contributed by atoms with Gasteiger partial charge in [-0.15, -0.1) is 0 Å². The molecule has 1 saturated carbocycles. The number of carbonyl (C=O) groups excluding carboxylic acids is 3. The van der Waals surface area contributed by atoms with Crippen LogP contribution in [-0.2, 0) is 33.3 Å². The second-order valence-corrected chi connectivity index (χ2v) is 11.0. The number of aliphatic hydroxyl groups is 1. The summed E-state index contributed by atoms with van der Waals surface area (Å²) < 4.78 is 24.3. The van der Waals surface area contributed by atoms with Crippen molar-refractivity contribution >= 4 is 17.9 Å². The Balaban J connectivity index is 2.20. The molecule has 4 unspecified atom stereocenters. The van der Waals surface area contributed by atoms with Gasteiger partial charge in [-0.25, -0.2) is 0 Å². The van der Waals surface area contributed by atoms with Crippen molar-refractivity contribution in [2.24, 2.45) is 23.7 Å². The second-order valence-electron chi connectivity index (χ2n) is 11.0. The third-order valence-corrected chi connectivity index (χ3v) is 8.12. The van der Waals surface area contributed by atoms with Crippen molar-refractivity contribution in [3.63, 3.8) is 0 Å². The van der Waals surface area contributed by atoms with E-state index < -0.39 is 53.5 Å². The highest BCUT2D eigenvalue weighted by atomic mass is 16.6. The van der Waals surface area contributed by atoms with Crippen LogP contribution in [0.1, 0.15) is 74.1 Å². The number of fused-ring (bicyclic) bond motifs is 5. The quantitative estimate of drug-likeness (QED) is 0.371. The van der Waals surface area contributed by atoms with E-state index in [1.807, 2.05) is 13.8 Å². The van der Waals surface area contributed by atoms with E-state index in [0.717, 1.165) is 0 Å². The molecule has 0 amide bonds. The molecule has 8 nitrogen and oxygen atoms in total. The molecule has 0 aromatic heterocycles. The van der Waals surface area contributed by atoms with E-state index in [9.17, 15) is 19.5 Å². The Morgan fingerprint density at radius 1 is 1.09 bits per heavy atom. The van der Waals surface area contributed by atoms with Crippen molar-refractivity contribution < 1.29 is 38.4 Å². The summed E-state index contributed by atoms with van der Waals surface area (Å²) in [6, 6.07) is 0. The fraction of sp³-hybridized carbons (Fsp3) is 0.808. The highest BCUT2D eigenvalue weighted by Crippen LogP contribution is 2.58. The van der Waals surface area contributed by atoms with E-state index in [0.29, 0.717) is 31.3 Å². The van der Waals surface area contributed by atoms with Gasteiger partial charge in [-0.05, 0) is 56.9 Å². The molecule has 2 bridgehead atoms. The predicted octanol–water partition coefficient (Wildman–Crippen LogP) is 3.34. The molecule has 1 N–H and O–H groups in total. The molecule has 3 aliphatic rings. The van der Waals surface area contributed by atoms with Crippen molar-refractivity contribution in [3.8, 4) is 0 Å². The van der Waals surface area contributed by atoms with Crippen molar-refractivity contribution in [1.29, 1.82) is 0 Å². The van der Waals surface area contributed by atoms with E-state index in [1.165, 1.54) is 20.8 Å². The first kappa shape index (κ1) is 26.7. The highest BCUT2D eigenvalue weighted by molar-refractivity contribution is 5.68. The average Bonchev–Trinajstić information content (AvgIpc) is 3.08. The number of rotatable bonds is 4. The lowest BCUT2D eigenvalue weighted by atomic mass is 9.56. The topological polar surface area (TPSA) is 108 Å². The van der Waals surface area contributed by atoms with Gasteiger partial charge < -0.3 is 24.1 Å². The normalized spacial score (nSPS) is 42.1. The third kappa shape index (κ3) is 4.89. The fourth-order valence-electron chi connectivity index (χ4n) is 6.75. The molecular formula is C26H40O8. The molecule has 9 atom stereocenters. The number of hydrogen-bond donors (Lipinski definition) is 1. The smallest absolute Gasteiger partial charge is 0.303 e. The summed E-state index contributed by atoms with van der Waals surface area (Å²) in [5.74, 6) is -1.57. The van der Waals surface area contributed by atoms with E-state index in [-0.39, 0.29) is 23.7 Å². The highest BCUT2D eigenvalue weighted by Gasteiger charge is 2.67. The second kappa shape index (κ2) is 9.61. The number of carbonyl (C=O) groups is 3. The lowest BCUT2D eigenvalue weighted by Crippen LogP contribution is -2.63. The molecule has 192 valence electrons. The molecule has 0 spiro atoms. The molecule has 2 heterocycles. The first-order valence-electron chi connectivity index (χ1n) is 12.3. The van der Waals surface area contributed by atoms with Gasteiger partial charge in [-0.3, -0.25) is 14.4 Å². The zero-order valence-electron chi connectivity index (χ0n) is 21.5. The van der Waals surface area contributed by atoms with Crippen molar-refractivity contribution in [2.75, 3.05) is 0 Å². The Morgan fingerprint density at radius 2 is 1.71 bits per heavy atom. The lowest BCUT2D eigenvalue weighted by Gasteiger charge is -2.53. The van der Waals surface area contributed by atoms with Crippen LogP contribution in [0, 0.1) is 23.7 Å². The maximum atomic E-state index is 12.3. The van der Waals surface area contributed by atoms with Gasteiger partial charge in [0.2, 0.25) is 0 Å². The molecule has 8 heteroatoms. The molecule has 3 fully saturated rings. The minimum absolute atomic E-state index is 0.0560. The van der Waals surface area contributed by atoms with Crippen molar-refractivity contribution in [3.05, 3.63) is 12.2 Å². The largest absolute Gasteiger partial charge is 0.458 e. The molecule has 2 saturated heterocycles. The van der Waals surface area contributed by atoms with Crippen LogP contribution >= 0.6 is 0 Å². The molecule has 3 rings (SSSR count). The molecule has 2 aliphatic heterocycles. The van der Waals surface area contributed by atoms with Crippen LogP contribution in [0.15, 0.2) is 12.2 Å². The van der Waals surface area contributed by atoms with Gasteiger partial charge in [0.05, 0.1) is 12.2 Å². The molecule has 0 aromatic carbocycles. The SMILES string of the molecule is C=C1C[C@@H]2O[C@@H](C3C(C(C)C)C[C@@H](OC(C)=O)[C@](C)(OC(C)=O)C32)[C@@](C)(OC(C)=O)CCC1O. The maximum Gasteiger partial charge on any atom is 0.303 e. The summed E-state index contributed by atoms with van der Waals surface area (Å²) in [7, 11) is 0. The Bertz CT molecular complexity index is 837. The Kier molecular flexibility index (Phi) is 7.54. The van der Waals surface area contributed by atoms with Crippen LogP contribution in [0.3, 0.4) is 0 Å². The summed E-state index contributed by atoms with van der Waals surface area (Å²) in [6.45, 7) is 16.1. The van der Waals surface area contributed by atoms with E-state index in [4.69, 9.17) is 18.9 Å². The van der Waals surface area contributed by atoms with Gasteiger partial charge in [0.15, 0.2) is 5.60 Å². The fourth-order valence-corrected chi connectivity index (χ4v) is 6.75. The summed E-state index contributed by atoms with van der Waals surface area (Å²) in [4.78, 5) is 36.5. The van der Waals surface area contributed by atoms with Crippen LogP contribution in [0.4, 0.5) is 0 Å². The van der Waals surface area contributed by atoms with Gasteiger partial charge in [0.1, 0.15) is 17.8 Å². The Morgan fingerprint density at radius 3 is 2.24 bits per heavy atom. The molecular weight excluding hydrogens is 440 g/mol. The van der Waals surface area contributed by atoms with Crippen LogP contribution in [0.2, 0.25) is 0 Å². The minimum atomic E-state index is -1.16. The average molecular weight is 481 g/mol. The summed E-state index contributed by atoms with van der Waals surface area (Å²) >= 11 is 0. The Hall–Kier alpha value is -1.93. The van der Waals surface area contributed by atoms with Crippen LogP contribution in [0.5, 0.6) is 0 Å². The molecule has 0 radical (unpaired) electrons. The third-order valence-electron chi connectivity index (χ3n) is 8.12. The zero-order chi connectivity index (χ0) is 25.6. The van der Waals surface area contributed by atoms with E-state index in [2.05, 4.69) is 20.4 Å². The van der Waals surface area contributed by atoms with Gasteiger partial charge in [-0.2, -0.15) is 0 Å². The van der Waals surface area contributed by atoms with Crippen LogP contribution < -0.4 is 0 Å². The first-order chi connectivity index (χ1) is 15.7. The monoisotopic (exact) mass is 480 g/mol. The van der Waals surface area contributed by atoms with Gasteiger partial charge in [0, 0.05) is 32.6 Å². The number of hydrogen-bond acceptors (Lipinski definition) is 8. The minimum Gasteiger partial charge on any atom is -0.458 e. The van der Waals surface area contributed by atoms with Gasteiger partial charge in [0.25, 0.3) is 0 Å².